The summed E-state index contributed by atoms with van der Waals surface area (Å²) in [5.74, 6) is 0.701. The van der Waals surface area contributed by atoms with E-state index in [1.165, 1.54) is 12.1 Å². The van der Waals surface area contributed by atoms with E-state index in [1.54, 1.807) is 38.3 Å². The van der Waals surface area contributed by atoms with Gasteiger partial charge in [-0.3, -0.25) is 9.69 Å². The summed E-state index contributed by atoms with van der Waals surface area (Å²) in [5.41, 5.74) is 2.33. The lowest BCUT2D eigenvalue weighted by Gasteiger charge is -2.37. The SMILES string of the molecule is COc1ccc(CCN(C)C(=O)c2ccc(CN3CCn4cccc4C3c3ccc(F)cc3F)o2)cc1OC. The van der Waals surface area contributed by atoms with Crippen molar-refractivity contribution in [3.05, 3.63) is 107 Å². The second-order valence-corrected chi connectivity index (χ2v) is 9.60. The summed E-state index contributed by atoms with van der Waals surface area (Å²) in [7, 11) is 4.91. The fraction of sp³-hybridized carbons (Fsp3) is 0.300. The summed E-state index contributed by atoms with van der Waals surface area (Å²) in [6.45, 7) is 2.22. The van der Waals surface area contributed by atoms with E-state index < -0.39 is 17.7 Å². The first-order chi connectivity index (χ1) is 18.9. The van der Waals surface area contributed by atoms with Gasteiger partial charge in [-0.25, -0.2) is 8.78 Å². The predicted octanol–water partition coefficient (Wildman–Crippen LogP) is 5.30. The Morgan fingerprint density at radius 3 is 2.62 bits per heavy atom. The maximum Gasteiger partial charge on any atom is 0.289 e. The standard InChI is InChI=1S/C30H31F2N3O4/c1-33(14-12-20-6-10-26(37-2)28(17-20)38-3)30(36)27-11-8-22(39-27)19-35-16-15-34-13-4-5-25(34)29(35)23-9-7-21(31)18-24(23)32/h4-11,13,17-18,29H,12,14-16,19H2,1-3H3. The van der Waals surface area contributed by atoms with Crippen molar-refractivity contribution in [3.63, 3.8) is 0 Å². The van der Waals surface area contributed by atoms with E-state index in [0.29, 0.717) is 48.9 Å². The van der Waals surface area contributed by atoms with Crippen molar-refractivity contribution >= 4 is 5.91 Å². The van der Waals surface area contributed by atoms with E-state index in [1.807, 2.05) is 36.5 Å². The van der Waals surface area contributed by atoms with Crippen LogP contribution >= 0.6 is 0 Å². The molecule has 0 spiro atoms. The number of hydrogen-bond donors (Lipinski definition) is 0. The third-order valence-corrected chi connectivity index (χ3v) is 7.16. The molecule has 2 aromatic heterocycles. The van der Waals surface area contributed by atoms with E-state index in [2.05, 4.69) is 9.47 Å². The van der Waals surface area contributed by atoms with E-state index in [4.69, 9.17) is 13.9 Å². The van der Waals surface area contributed by atoms with E-state index in [0.717, 1.165) is 23.9 Å². The number of rotatable bonds is 9. The topological polar surface area (TPSA) is 60.1 Å². The van der Waals surface area contributed by atoms with Gasteiger partial charge in [0, 0.05) is 50.2 Å². The molecule has 0 saturated heterocycles. The van der Waals surface area contributed by atoms with Crippen LogP contribution in [0.5, 0.6) is 11.5 Å². The Labute approximate surface area is 226 Å². The van der Waals surface area contributed by atoms with E-state index in [-0.39, 0.29) is 11.7 Å². The number of ether oxygens (including phenoxy) is 2. The highest BCUT2D eigenvalue weighted by Crippen LogP contribution is 2.35. The first kappa shape index (κ1) is 26.5. The minimum absolute atomic E-state index is 0.227. The molecule has 3 heterocycles. The van der Waals surface area contributed by atoms with E-state index in [9.17, 15) is 13.6 Å². The van der Waals surface area contributed by atoms with Crippen molar-refractivity contribution in [3.8, 4) is 11.5 Å². The summed E-state index contributed by atoms with van der Waals surface area (Å²) in [5, 5.41) is 0. The van der Waals surface area contributed by atoms with Gasteiger partial charge in [0.2, 0.25) is 0 Å². The normalized spacial score (nSPS) is 15.2. The minimum Gasteiger partial charge on any atom is -0.493 e. The van der Waals surface area contributed by atoms with Crippen molar-refractivity contribution in [2.45, 2.75) is 25.6 Å². The van der Waals surface area contributed by atoms with Crippen LogP contribution in [0, 0.1) is 11.6 Å². The van der Waals surface area contributed by atoms with Crippen LogP contribution in [0.3, 0.4) is 0 Å². The molecule has 1 unspecified atom stereocenters. The van der Waals surface area contributed by atoms with Crippen LogP contribution in [0.15, 0.2) is 71.3 Å². The maximum absolute atomic E-state index is 14.9. The van der Waals surface area contributed by atoms with Gasteiger partial charge in [-0.1, -0.05) is 12.1 Å². The minimum atomic E-state index is -0.613. The fourth-order valence-corrected chi connectivity index (χ4v) is 5.08. The van der Waals surface area contributed by atoms with Crippen LogP contribution < -0.4 is 9.47 Å². The second kappa shape index (κ2) is 11.3. The smallest absolute Gasteiger partial charge is 0.289 e. The molecule has 1 aliphatic rings. The Bertz CT molecular complexity index is 1460. The zero-order valence-electron chi connectivity index (χ0n) is 22.2. The summed E-state index contributed by atoms with van der Waals surface area (Å²) in [4.78, 5) is 16.8. The number of carbonyl (C=O) groups excluding carboxylic acids is 1. The molecule has 5 rings (SSSR count). The Hall–Kier alpha value is -4.11. The Kier molecular flexibility index (Phi) is 7.70. The highest BCUT2D eigenvalue weighted by Gasteiger charge is 2.31. The molecular formula is C30H31F2N3O4. The first-order valence-corrected chi connectivity index (χ1v) is 12.8. The second-order valence-electron chi connectivity index (χ2n) is 9.60. The molecule has 0 radical (unpaired) electrons. The number of aromatic nitrogens is 1. The van der Waals surface area contributed by atoms with Crippen LogP contribution in [0.2, 0.25) is 0 Å². The first-order valence-electron chi connectivity index (χ1n) is 12.8. The number of halogens is 2. The number of nitrogens with zero attached hydrogens (tertiary/aromatic N) is 3. The number of furan rings is 1. The number of likely N-dealkylation sites (N-methyl/N-ethyl adjacent to an activating group) is 1. The van der Waals surface area contributed by atoms with Crippen LogP contribution in [0.1, 0.15) is 39.2 Å². The predicted molar refractivity (Wildman–Crippen MR) is 142 cm³/mol. The molecule has 0 aliphatic carbocycles. The molecule has 39 heavy (non-hydrogen) atoms. The Morgan fingerprint density at radius 1 is 1.03 bits per heavy atom. The maximum atomic E-state index is 14.9. The fourth-order valence-electron chi connectivity index (χ4n) is 5.08. The van der Waals surface area contributed by atoms with Gasteiger partial charge in [-0.2, -0.15) is 0 Å². The third kappa shape index (κ3) is 5.54. The molecule has 204 valence electrons. The number of benzene rings is 2. The van der Waals surface area contributed by atoms with Crippen molar-refractivity contribution in [1.29, 1.82) is 0 Å². The number of carbonyl (C=O) groups is 1. The molecule has 9 heteroatoms. The van der Waals surface area contributed by atoms with Crippen molar-refractivity contribution < 1.29 is 27.5 Å². The molecule has 0 N–H and O–H groups in total. The average molecular weight is 536 g/mol. The zero-order valence-corrected chi connectivity index (χ0v) is 22.2. The number of methoxy groups -OCH3 is 2. The molecule has 1 atom stereocenters. The van der Waals surface area contributed by atoms with Crippen molar-refractivity contribution in [2.24, 2.45) is 0 Å². The van der Waals surface area contributed by atoms with Crippen LogP contribution in [-0.4, -0.2) is 54.6 Å². The molecule has 1 aliphatic heterocycles. The van der Waals surface area contributed by atoms with Crippen LogP contribution in [0.4, 0.5) is 8.78 Å². The van der Waals surface area contributed by atoms with Gasteiger partial charge < -0.3 is 23.4 Å². The van der Waals surface area contributed by atoms with Gasteiger partial charge in [0.25, 0.3) is 5.91 Å². The quantitative estimate of drug-likeness (QED) is 0.291. The number of amides is 1. The molecule has 2 aromatic carbocycles. The van der Waals surface area contributed by atoms with Crippen LogP contribution in [-0.2, 0) is 19.5 Å². The Morgan fingerprint density at radius 2 is 1.85 bits per heavy atom. The lowest BCUT2D eigenvalue weighted by molar-refractivity contribution is 0.0759. The summed E-state index contributed by atoms with van der Waals surface area (Å²) in [6, 6.07) is 16.3. The van der Waals surface area contributed by atoms with E-state index >= 15 is 0 Å². The third-order valence-electron chi connectivity index (χ3n) is 7.16. The number of fused-ring (bicyclic) bond motifs is 1. The Balaban J connectivity index is 1.27. The average Bonchev–Trinajstić information content (AvgIpc) is 3.61. The van der Waals surface area contributed by atoms with Gasteiger partial charge in [0.1, 0.15) is 17.4 Å². The highest BCUT2D eigenvalue weighted by molar-refractivity contribution is 5.91. The molecular weight excluding hydrogens is 504 g/mol. The van der Waals surface area contributed by atoms with Gasteiger partial charge in [0.05, 0.1) is 26.8 Å². The number of hydrogen-bond acceptors (Lipinski definition) is 5. The van der Waals surface area contributed by atoms with Gasteiger partial charge in [-0.05, 0) is 54.4 Å². The van der Waals surface area contributed by atoms with Crippen molar-refractivity contribution in [1.82, 2.24) is 14.4 Å². The summed E-state index contributed by atoms with van der Waals surface area (Å²) < 4.78 is 47.2. The van der Waals surface area contributed by atoms with Gasteiger partial charge in [-0.15, -0.1) is 0 Å². The largest absolute Gasteiger partial charge is 0.493 e. The summed E-state index contributed by atoms with van der Waals surface area (Å²) in [6.07, 6.45) is 2.59. The molecule has 0 bridgehead atoms. The molecule has 4 aromatic rings. The molecule has 1 amide bonds. The van der Waals surface area contributed by atoms with Crippen molar-refractivity contribution in [2.75, 3.05) is 34.4 Å². The van der Waals surface area contributed by atoms with Crippen LogP contribution in [0.25, 0.3) is 0 Å². The highest BCUT2D eigenvalue weighted by atomic mass is 19.1. The molecule has 7 nitrogen and oxygen atoms in total. The summed E-state index contributed by atoms with van der Waals surface area (Å²) >= 11 is 0. The molecule has 0 fully saturated rings. The van der Waals surface area contributed by atoms with Gasteiger partial charge in [0.15, 0.2) is 17.3 Å². The lowest BCUT2D eigenvalue weighted by Crippen LogP contribution is -2.38. The molecule has 0 saturated carbocycles. The monoisotopic (exact) mass is 535 g/mol. The lowest BCUT2D eigenvalue weighted by atomic mass is 9.99. The zero-order chi connectivity index (χ0) is 27.5. The van der Waals surface area contributed by atoms with Gasteiger partial charge >= 0.3 is 0 Å².